The quantitative estimate of drug-likeness (QED) is 0.298. The molecule has 0 aromatic heterocycles. The number of hydrogen-bond donors (Lipinski definition) is 1. The fourth-order valence-corrected chi connectivity index (χ4v) is 4.65. The fraction of sp³-hybridized carbons (Fsp3) is 0.250. The molecule has 0 aliphatic rings. The van der Waals surface area contributed by atoms with Crippen LogP contribution in [0.2, 0.25) is 0 Å². The van der Waals surface area contributed by atoms with Crippen molar-refractivity contribution in [1.29, 1.82) is 0 Å². The lowest BCUT2D eigenvalue weighted by Gasteiger charge is -2.09. The number of anilines is 1. The maximum atomic E-state index is 12.5. The van der Waals surface area contributed by atoms with Gasteiger partial charge in [-0.2, -0.15) is 0 Å². The van der Waals surface area contributed by atoms with Crippen LogP contribution in [-0.4, -0.2) is 15.0 Å². The first-order valence-electron chi connectivity index (χ1n) is 10.0. The van der Waals surface area contributed by atoms with E-state index in [1.54, 1.807) is 48.2 Å². The first-order chi connectivity index (χ1) is 14.5. The minimum atomic E-state index is -3.58. The smallest absolute Gasteiger partial charge is 0.261 e. The van der Waals surface area contributed by atoms with E-state index < -0.39 is 10.0 Å². The van der Waals surface area contributed by atoms with Crippen LogP contribution in [0.5, 0.6) is 5.75 Å². The second-order valence-electron chi connectivity index (χ2n) is 7.08. The molecule has 158 valence electrons. The van der Waals surface area contributed by atoms with Crippen LogP contribution in [0.1, 0.15) is 30.9 Å². The maximum Gasteiger partial charge on any atom is 0.261 e. The van der Waals surface area contributed by atoms with Crippen molar-refractivity contribution in [2.24, 2.45) is 0 Å². The zero-order chi connectivity index (χ0) is 21.4. The number of nitrogens with one attached hydrogen (secondary N) is 1. The van der Waals surface area contributed by atoms with Gasteiger partial charge in [0.25, 0.3) is 10.0 Å². The summed E-state index contributed by atoms with van der Waals surface area (Å²) in [5.74, 6) is 1.74. The minimum Gasteiger partial charge on any atom is -0.494 e. The van der Waals surface area contributed by atoms with E-state index in [2.05, 4.69) is 23.8 Å². The largest absolute Gasteiger partial charge is 0.494 e. The Labute approximate surface area is 183 Å². The summed E-state index contributed by atoms with van der Waals surface area (Å²) >= 11 is 1.71. The van der Waals surface area contributed by atoms with E-state index in [4.69, 9.17) is 4.74 Å². The molecule has 0 spiro atoms. The third kappa shape index (κ3) is 6.54. The summed E-state index contributed by atoms with van der Waals surface area (Å²) in [6.45, 7) is 4.83. The zero-order valence-corrected chi connectivity index (χ0v) is 18.9. The molecule has 3 rings (SSSR count). The molecule has 0 atom stereocenters. The van der Waals surface area contributed by atoms with Gasteiger partial charge < -0.3 is 4.74 Å². The van der Waals surface area contributed by atoms with E-state index >= 15 is 0 Å². The summed E-state index contributed by atoms with van der Waals surface area (Å²) in [5, 5.41) is 0. The monoisotopic (exact) mass is 441 g/mol. The van der Waals surface area contributed by atoms with Gasteiger partial charge in [-0.15, -0.1) is 11.8 Å². The molecule has 0 saturated heterocycles. The van der Waals surface area contributed by atoms with E-state index in [1.807, 2.05) is 31.2 Å². The van der Waals surface area contributed by atoms with E-state index in [0.717, 1.165) is 41.4 Å². The van der Waals surface area contributed by atoms with Gasteiger partial charge in [0.2, 0.25) is 0 Å². The van der Waals surface area contributed by atoms with Crippen LogP contribution < -0.4 is 9.46 Å². The van der Waals surface area contributed by atoms with Gasteiger partial charge in [-0.1, -0.05) is 43.2 Å². The lowest BCUT2D eigenvalue weighted by Crippen LogP contribution is -2.12. The van der Waals surface area contributed by atoms with E-state index in [-0.39, 0.29) is 4.90 Å². The lowest BCUT2D eigenvalue weighted by atomic mass is 10.2. The predicted molar refractivity (Wildman–Crippen MR) is 125 cm³/mol. The van der Waals surface area contributed by atoms with Crippen molar-refractivity contribution in [3.05, 3.63) is 83.9 Å². The molecule has 0 radical (unpaired) electrons. The molecule has 0 saturated carbocycles. The number of ether oxygens (including phenoxy) is 1. The van der Waals surface area contributed by atoms with Gasteiger partial charge in [0.15, 0.2) is 0 Å². The van der Waals surface area contributed by atoms with Gasteiger partial charge in [-0.05, 0) is 67.4 Å². The van der Waals surface area contributed by atoms with Crippen LogP contribution in [0.25, 0.3) is 0 Å². The average molecular weight is 442 g/mol. The number of thioether (sulfide) groups is 1. The number of hydrogen-bond acceptors (Lipinski definition) is 4. The Balaban J connectivity index is 1.54. The first kappa shape index (κ1) is 22.2. The van der Waals surface area contributed by atoms with E-state index in [0.29, 0.717) is 5.69 Å². The molecular weight excluding hydrogens is 414 g/mol. The molecule has 0 heterocycles. The summed E-state index contributed by atoms with van der Waals surface area (Å²) < 4.78 is 33.3. The number of unbranched alkanes of at least 4 members (excludes halogenated alkanes) is 1. The van der Waals surface area contributed by atoms with Crippen LogP contribution in [-0.2, 0) is 15.8 Å². The Morgan fingerprint density at radius 1 is 0.900 bits per heavy atom. The minimum absolute atomic E-state index is 0.258. The standard InChI is InChI=1S/C24H27NO3S2/c1-3-4-17-28-22-11-7-20(8-12-22)18-29-23-13-9-21(10-14-23)25-30(26,27)24-15-5-19(2)6-16-24/h5-16,25H,3-4,17-18H2,1-2H3. The molecule has 0 fully saturated rings. The normalized spacial score (nSPS) is 11.3. The van der Waals surface area contributed by atoms with E-state index in [1.165, 1.54) is 5.56 Å². The average Bonchev–Trinajstić information content (AvgIpc) is 2.74. The molecule has 0 amide bonds. The summed E-state index contributed by atoms with van der Waals surface area (Å²) in [4.78, 5) is 1.34. The van der Waals surface area contributed by atoms with Gasteiger partial charge in [-0.3, -0.25) is 4.72 Å². The molecule has 3 aromatic carbocycles. The summed E-state index contributed by atoms with van der Waals surface area (Å²) in [5.41, 5.74) is 2.79. The van der Waals surface area contributed by atoms with Crippen molar-refractivity contribution >= 4 is 27.5 Å². The molecule has 4 nitrogen and oxygen atoms in total. The molecule has 30 heavy (non-hydrogen) atoms. The first-order valence-corrected chi connectivity index (χ1v) is 12.5. The van der Waals surface area contributed by atoms with Crippen molar-refractivity contribution in [2.45, 2.75) is 42.2 Å². The third-order valence-corrected chi connectivity index (χ3v) is 7.01. The van der Waals surface area contributed by atoms with Gasteiger partial charge in [0.05, 0.1) is 11.5 Å². The lowest BCUT2D eigenvalue weighted by molar-refractivity contribution is 0.309. The highest BCUT2D eigenvalue weighted by Gasteiger charge is 2.13. The molecule has 0 aliphatic heterocycles. The molecule has 0 unspecified atom stereocenters. The van der Waals surface area contributed by atoms with Gasteiger partial charge in [-0.25, -0.2) is 8.42 Å². The maximum absolute atomic E-state index is 12.5. The highest BCUT2D eigenvalue weighted by molar-refractivity contribution is 7.98. The van der Waals surface area contributed by atoms with Crippen molar-refractivity contribution in [1.82, 2.24) is 0 Å². The summed E-state index contributed by atoms with van der Waals surface area (Å²) in [7, 11) is -3.58. The van der Waals surface area contributed by atoms with Gasteiger partial charge in [0.1, 0.15) is 5.75 Å². The molecular formula is C24H27NO3S2. The second kappa shape index (κ2) is 10.5. The Morgan fingerprint density at radius 3 is 2.20 bits per heavy atom. The Morgan fingerprint density at radius 2 is 1.57 bits per heavy atom. The van der Waals surface area contributed by atoms with Crippen molar-refractivity contribution < 1.29 is 13.2 Å². The topological polar surface area (TPSA) is 55.4 Å². The molecule has 6 heteroatoms. The highest BCUT2D eigenvalue weighted by atomic mass is 32.2. The van der Waals surface area contributed by atoms with Crippen LogP contribution in [0.3, 0.4) is 0 Å². The van der Waals surface area contributed by atoms with Gasteiger partial charge >= 0.3 is 0 Å². The predicted octanol–water partition coefficient (Wildman–Crippen LogP) is 6.27. The summed E-state index contributed by atoms with van der Waals surface area (Å²) in [6.07, 6.45) is 2.19. The van der Waals surface area contributed by atoms with Crippen LogP contribution in [0.15, 0.2) is 82.6 Å². The summed E-state index contributed by atoms with van der Waals surface area (Å²) in [6, 6.07) is 22.4. The van der Waals surface area contributed by atoms with Crippen LogP contribution in [0, 0.1) is 6.92 Å². The van der Waals surface area contributed by atoms with Crippen LogP contribution >= 0.6 is 11.8 Å². The number of aryl methyl sites for hydroxylation is 1. The zero-order valence-electron chi connectivity index (χ0n) is 17.3. The third-order valence-electron chi connectivity index (χ3n) is 4.53. The fourth-order valence-electron chi connectivity index (χ4n) is 2.73. The molecule has 1 N–H and O–H groups in total. The van der Waals surface area contributed by atoms with Gasteiger partial charge in [0, 0.05) is 16.3 Å². The van der Waals surface area contributed by atoms with Crippen molar-refractivity contribution in [3.63, 3.8) is 0 Å². The SMILES string of the molecule is CCCCOc1ccc(CSc2ccc(NS(=O)(=O)c3ccc(C)cc3)cc2)cc1. The number of sulfonamides is 1. The van der Waals surface area contributed by atoms with Crippen molar-refractivity contribution in [3.8, 4) is 5.75 Å². The van der Waals surface area contributed by atoms with Crippen LogP contribution in [0.4, 0.5) is 5.69 Å². The highest BCUT2D eigenvalue weighted by Crippen LogP contribution is 2.26. The Hall–Kier alpha value is -2.44. The second-order valence-corrected chi connectivity index (χ2v) is 9.81. The Kier molecular flexibility index (Phi) is 7.82. The Bertz CT molecular complexity index is 1030. The molecule has 0 bridgehead atoms. The van der Waals surface area contributed by atoms with Crippen molar-refractivity contribution in [2.75, 3.05) is 11.3 Å². The molecule has 0 aliphatic carbocycles. The van der Waals surface area contributed by atoms with E-state index in [9.17, 15) is 8.42 Å². The number of rotatable bonds is 10. The number of benzene rings is 3. The molecule has 3 aromatic rings.